The molecule has 2 unspecified atom stereocenters. The van der Waals surface area contributed by atoms with Gasteiger partial charge in [0, 0.05) is 18.2 Å². The molecule has 0 spiro atoms. The highest BCUT2D eigenvalue weighted by Gasteiger charge is 2.51. The average Bonchev–Trinajstić information content (AvgIpc) is 3.64. The molecule has 7 atom stereocenters. The molecule has 0 bridgehead atoms. The fourth-order valence-electron chi connectivity index (χ4n) is 7.56. The van der Waals surface area contributed by atoms with Crippen molar-refractivity contribution >= 4 is 42.1 Å². The van der Waals surface area contributed by atoms with Gasteiger partial charge in [-0.3, -0.25) is 14.2 Å². The molecule has 1 aliphatic carbocycles. The number of nitrogens with zero attached hydrogens (tertiary/aromatic N) is 5. The molecule has 1 saturated heterocycles. The van der Waals surface area contributed by atoms with Crippen molar-refractivity contribution in [3.8, 4) is 5.75 Å². The molecule has 1 fully saturated rings. The first-order chi connectivity index (χ1) is 28.9. The molecular formula is C43H46F2N7O7P. The van der Waals surface area contributed by atoms with Gasteiger partial charge in [-0.2, -0.15) is 0 Å². The minimum Gasteiger partial charge on any atom is -0.508 e. The minimum atomic E-state index is -3.93. The van der Waals surface area contributed by atoms with Gasteiger partial charge < -0.3 is 34.3 Å². The Hall–Kier alpha value is -5.96. The number of aliphatic hydroxyl groups excluding tert-OH is 1. The Bertz CT molecular complexity index is 2400. The van der Waals surface area contributed by atoms with Crippen molar-refractivity contribution < 1.29 is 42.0 Å². The number of β-lactam (4-membered cyclic amide) rings is 1. The van der Waals surface area contributed by atoms with E-state index < -0.39 is 43.2 Å². The lowest BCUT2D eigenvalue weighted by Crippen LogP contribution is -2.64. The number of ether oxygens (including phenoxy) is 2. The SMILES string of the molecule is C[C@@H](COCP(=O)(N[C@@H](C)C(=O)O[C@@H](CC[C@H]1C(=O)N(c2ccc(F)cc2)[C@@H]1C1C=CC(O)=CC1)c1ccc(F)cc1)Oc1ccccc1)Cn1cnc2c(N)ncnc21. The number of amides is 1. The number of imidazole rings is 1. The molecule has 0 saturated carbocycles. The second-order valence-electron chi connectivity index (χ2n) is 15.1. The number of hydrogen-bond donors (Lipinski definition) is 3. The number of anilines is 2. The average molecular weight is 842 g/mol. The first kappa shape index (κ1) is 42.2. The number of para-hydroxylation sites is 1. The van der Waals surface area contributed by atoms with Gasteiger partial charge in [0.05, 0.1) is 24.9 Å². The van der Waals surface area contributed by atoms with E-state index in [2.05, 4.69) is 20.0 Å². The molecule has 1 aliphatic heterocycles. The molecule has 4 N–H and O–H groups in total. The zero-order valence-electron chi connectivity index (χ0n) is 33.0. The summed E-state index contributed by atoms with van der Waals surface area (Å²) in [7, 11) is -3.93. The maximum atomic E-state index is 14.4. The Balaban J connectivity index is 1.03. The topological polar surface area (TPSA) is 184 Å². The number of aromatic nitrogens is 4. The van der Waals surface area contributed by atoms with Gasteiger partial charge in [-0.1, -0.05) is 43.3 Å². The quantitative estimate of drug-likeness (QED) is 0.0445. The number of nitrogens with one attached hydrogen (secondary N) is 1. The Morgan fingerprint density at radius 2 is 1.73 bits per heavy atom. The van der Waals surface area contributed by atoms with Gasteiger partial charge in [0.1, 0.15) is 53.5 Å². The minimum absolute atomic E-state index is 0.0923. The van der Waals surface area contributed by atoms with Crippen LogP contribution in [-0.4, -0.2) is 61.5 Å². The van der Waals surface area contributed by atoms with Gasteiger partial charge in [-0.15, -0.1) is 0 Å². The summed E-state index contributed by atoms with van der Waals surface area (Å²) in [6.45, 7) is 4.07. The number of rotatable bonds is 18. The highest BCUT2D eigenvalue weighted by molar-refractivity contribution is 7.57. The lowest BCUT2D eigenvalue weighted by atomic mass is 9.73. The molecule has 0 radical (unpaired) electrons. The Morgan fingerprint density at radius 1 is 1.02 bits per heavy atom. The van der Waals surface area contributed by atoms with E-state index in [-0.39, 0.29) is 61.2 Å². The molecule has 17 heteroatoms. The highest BCUT2D eigenvalue weighted by atomic mass is 31.2. The molecular weight excluding hydrogens is 795 g/mol. The molecule has 14 nitrogen and oxygen atoms in total. The Kier molecular flexibility index (Phi) is 13.0. The summed E-state index contributed by atoms with van der Waals surface area (Å²) in [6, 6.07) is 18.2. The first-order valence-electron chi connectivity index (χ1n) is 19.6. The van der Waals surface area contributed by atoms with E-state index >= 15 is 0 Å². The molecule has 3 heterocycles. The second-order valence-corrected chi connectivity index (χ2v) is 17.1. The van der Waals surface area contributed by atoms with Crippen LogP contribution in [-0.2, 0) is 30.2 Å². The number of hydrogen-bond acceptors (Lipinski definition) is 11. The fourth-order valence-corrected chi connectivity index (χ4v) is 9.25. The third-order valence-corrected chi connectivity index (χ3v) is 12.3. The van der Waals surface area contributed by atoms with Crippen LogP contribution in [0.4, 0.5) is 20.3 Å². The largest absolute Gasteiger partial charge is 0.508 e. The molecule has 3 aromatic carbocycles. The van der Waals surface area contributed by atoms with Crippen molar-refractivity contribution in [1.82, 2.24) is 24.6 Å². The third-order valence-electron chi connectivity index (χ3n) is 10.5. The van der Waals surface area contributed by atoms with E-state index in [9.17, 15) is 28.0 Å². The number of carbonyl (C=O) groups is 2. The number of fused-ring (bicyclic) bond motifs is 1. The van der Waals surface area contributed by atoms with Crippen LogP contribution in [0.5, 0.6) is 5.75 Å². The molecule has 60 heavy (non-hydrogen) atoms. The number of carbonyl (C=O) groups excluding carboxylic acids is 2. The molecule has 314 valence electrons. The maximum Gasteiger partial charge on any atom is 0.342 e. The van der Waals surface area contributed by atoms with E-state index in [0.717, 1.165) is 0 Å². The van der Waals surface area contributed by atoms with Crippen LogP contribution < -0.4 is 20.2 Å². The summed E-state index contributed by atoms with van der Waals surface area (Å²) in [5, 5.41) is 12.8. The van der Waals surface area contributed by atoms with Gasteiger partial charge in [0.15, 0.2) is 11.5 Å². The van der Waals surface area contributed by atoms with E-state index in [0.29, 0.717) is 41.1 Å². The number of nitrogen functional groups attached to an aromatic ring is 1. The maximum absolute atomic E-state index is 14.4. The second kappa shape index (κ2) is 18.5. The summed E-state index contributed by atoms with van der Waals surface area (Å²) in [6.07, 6.45) is 7.78. The number of allylic oxidation sites excluding steroid dienone is 2. The summed E-state index contributed by atoms with van der Waals surface area (Å²) in [5.74, 6) is -1.89. The van der Waals surface area contributed by atoms with Crippen molar-refractivity contribution in [2.24, 2.45) is 17.8 Å². The standard InChI is InChI=1S/C43H46F2N7O7P/c1-27(22-51-25-49-38-40(46)47-24-48-41(38)51)23-57-26-60(56,59-35-6-4-3-5-7-35)50-28(2)43(55)58-37(29-8-12-31(44)13-9-29)21-20-36-39(30-10-18-34(53)19-11-30)52(42(36)54)33-16-14-32(45)15-17-33/h3-10,12-19,24-25,27-28,30,36-37,39,53H,11,20-23,26H2,1-2H3,(H,50,56)(H2,46,47,48)/t27-,28+,30?,36-,37+,39-,60?/m1/s1. The molecule has 5 aromatic rings. The highest BCUT2D eigenvalue weighted by Crippen LogP contribution is 2.45. The lowest BCUT2D eigenvalue weighted by Gasteiger charge is -2.51. The van der Waals surface area contributed by atoms with Crippen molar-refractivity contribution in [3.05, 3.63) is 133 Å². The molecule has 2 aromatic heterocycles. The number of halogens is 2. The van der Waals surface area contributed by atoms with Crippen LogP contribution in [0.2, 0.25) is 0 Å². The number of benzene rings is 3. The first-order valence-corrected chi connectivity index (χ1v) is 21.4. The summed E-state index contributed by atoms with van der Waals surface area (Å²) < 4.78 is 62.1. The molecule has 7 rings (SSSR count). The zero-order valence-corrected chi connectivity index (χ0v) is 33.9. The van der Waals surface area contributed by atoms with Crippen LogP contribution in [0.1, 0.15) is 44.8 Å². The molecule has 1 amide bonds. The van der Waals surface area contributed by atoms with Crippen molar-refractivity contribution in [1.29, 1.82) is 0 Å². The normalized spacial score (nSPS) is 20.1. The van der Waals surface area contributed by atoms with E-state index in [4.69, 9.17) is 19.7 Å². The third kappa shape index (κ3) is 9.90. The Labute approximate surface area is 345 Å². The van der Waals surface area contributed by atoms with Gasteiger partial charge in [-0.05, 0) is 98.4 Å². The van der Waals surface area contributed by atoms with Crippen molar-refractivity contribution in [2.75, 3.05) is 23.6 Å². The van der Waals surface area contributed by atoms with Crippen LogP contribution in [0, 0.1) is 29.4 Å². The van der Waals surface area contributed by atoms with Crippen LogP contribution in [0.25, 0.3) is 11.2 Å². The zero-order chi connectivity index (χ0) is 42.4. The van der Waals surface area contributed by atoms with E-state index in [1.807, 2.05) is 17.6 Å². The fraction of sp³-hybridized carbons (Fsp3) is 0.326. The summed E-state index contributed by atoms with van der Waals surface area (Å²) in [4.78, 5) is 41.8. The van der Waals surface area contributed by atoms with Crippen LogP contribution >= 0.6 is 7.52 Å². The van der Waals surface area contributed by atoms with Crippen LogP contribution in [0.3, 0.4) is 0 Å². The number of aliphatic hydroxyl groups is 1. The van der Waals surface area contributed by atoms with Gasteiger partial charge in [-0.25, -0.2) is 28.8 Å². The van der Waals surface area contributed by atoms with Gasteiger partial charge in [0.25, 0.3) is 0 Å². The predicted octanol–water partition coefficient (Wildman–Crippen LogP) is 7.66. The van der Waals surface area contributed by atoms with Gasteiger partial charge >= 0.3 is 13.5 Å². The van der Waals surface area contributed by atoms with E-state index in [1.54, 1.807) is 65.8 Å². The smallest absolute Gasteiger partial charge is 0.342 e. The Morgan fingerprint density at radius 3 is 2.43 bits per heavy atom. The van der Waals surface area contributed by atoms with Crippen LogP contribution in [0.15, 0.2) is 116 Å². The van der Waals surface area contributed by atoms with Crippen molar-refractivity contribution in [2.45, 2.75) is 57.8 Å². The summed E-state index contributed by atoms with van der Waals surface area (Å²) in [5.41, 5.74) is 8.04. The lowest BCUT2D eigenvalue weighted by molar-refractivity contribution is -0.151. The monoisotopic (exact) mass is 841 g/mol. The summed E-state index contributed by atoms with van der Waals surface area (Å²) >= 11 is 0. The predicted molar refractivity (Wildman–Crippen MR) is 221 cm³/mol. The number of esters is 1. The molecule has 2 aliphatic rings. The van der Waals surface area contributed by atoms with Gasteiger partial charge in [0.2, 0.25) is 5.91 Å². The number of nitrogens with two attached hydrogens (primary N) is 1. The van der Waals surface area contributed by atoms with E-state index in [1.165, 1.54) is 49.6 Å². The van der Waals surface area contributed by atoms with Crippen molar-refractivity contribution in [3.63, 3.8) is 0 Å².